The summed E-state index contributed by atoms with van der Waals surface area (Å²) in [5, 5.41) is 0. The first-order valence-corrected chi connectivity index (χ1v) is 12.1. The van der Waals surface area contributed by atoms with Gasteiger partial charge in [0.25, 0.3) is 0 Å². The van der Waals surface area contributed by atoms with Gasteiger partial charge in [0.1, 0.15) is 0 Å². The van der Waals surface area contributed by atoms with Gasteiger partial charge in [-0.2, -0.15) is 0 Å². The molecule has 162 valence electrons. The topological polar surface area (TPSA) is 36.9 Å². The highest BCUT2D eigenvalue weighted by Crippen LogP contribution is 2.68. The second kappa shape index (κ2) is 6.31. The van der Waals surface area contributed by atoms with Gasteiger partial charge in [0, 0.05) is 18.8 Å². The molecule has 2 saturated heterocycles. The van der Waals surface area contributed by atoms with Gasteiger partial charge in [-0.3, -0.25) is 0 Å². The highest BCUT2D eigenvalue weighted by Gasteiger charge is 2.63. The molecular formula is C25H38O4. The molecule has 0 aromatic heterocycles. The molecule has 4 aliphatic carbocycles. The summed E-state index contributed by atoms with van der Waals surface area (Å²) in [7, 11) is 0. The number of allylic oxidation sites excluding steroid dienone is 1. The lowest BCUT2D eigenvalue weighted by Crippen LogP contribution is -2.54. The van der Waals surface area contributed by atoms with Crippen LogP contribution in [0.1, 0.15) is 72.1 Å². The minimum absolute atomic E-state index is 0.300. The number of hydrogen-bond acceptors (Lipinski definition) is 4. The fourth-order valence-electron chi connectivity index (χ4n) is 8.94. The maximum absolute atomic E-state index is 6.17. The van der Waals surface area contributed by atoms with E-state index in [-0.39, 0.29) is 11.6 Å². The molecule has 2 heterocycles. The van der Waals surface area contributed by atoms with Crippen LogP contribution in [0.2, 0.25) is 0 Å². The summed E-state index contributed by atoms with van der Waals surface area (Å²) < 4.78 is 24.5. The lowest BCUT2D eigenvalue weighted by molar-refractivity contribution is -0.216. The molecular weight excluding hydrogens is 364 g/mol. The van der Waals surface area contributed by atoms with Gasteiger partial charge in [-0.05, 0) is 74.0 Å². The summed E-state index contributed by atoms with van der Waals surface area (Å²) in [5.74, 6) is 2.32. The maximum atomic E-state index is 6.17. The van der Waals surface area contributed by atoms with Crippen molar-refractivity contribution < 1.29 is 18.9 Å². The van der Waals surface area contributed by atoms with Crippen molar-refractivity contribution in [2.24, 2.45) is 34.5 Å². The Hall–Kier alpha value is -0.420. The molecule has 6 rings (SSSR count). The van der Waals surface area contributed by atoms with Gasteiger partial charge in [0.05, 0.1) is 26.4 Å². The van der Waals surface area contributed by atoms with E-state index in [1.807, 2.05) is 0 Å². The van der Waals surface area contributed by atoms with Gasteiger partial charge in [-0.25, -0.2) is 0 Å². The van der Waals surface area contributed by atoms with Crippen LogP contribution in [0.3, 0.4) is 0 Å². The predicted octanol–water partition coefficient (Wildman–Crippen LogP) is 5.07. The van der Waals surface area contributed by atoms with Crippen molar-refractivity contribution in [2.75, 3.05) is 26.4 Å². The van der Waals surface area contributed by atoms with Gasteiger partial charge < -0.3 is 18.9 Å². The van der Waals surface area contributed by atoms with E-state index in [1.165, 1.54) is 38.5 Å². The second-order valence-electron chi connectivity index (χ2n) is 11.4. The van der Waals surface area contributed by atoms with Crippen LogP contribution in [0.15, 0.2) is 11.6 Å². The molecule has 0 N–H and O–H groups in total. The largest absolute Gasteiger partial charge is 0.348 e. The SMILES string of the molecule is CC1([C@H]2CCC3[C@@H]4CC=C5CC6(CC[C@]5(C)C4CC[C@@]32C)OCCO6)OCCO1. The van der Waals surface area contributed by atoms with Crippen LogP contribution in [0.5, 0.6) is 0 Å². The Kier molecular flexibility index (Phi) is 4.19. The maximum Gasteiger partial charge on any atom is 0.172 e. The molecule has 5 fully saturated rings. The smallest absolute Gasteiger partial charge is 0.172 e. The zero-order chi connectivity index (χ0) is 19.9. The first kappa shape index (κ1) is 19.3. The van der Waals surface area contributed by atoms with E-state index in [1.54, 1.807) is 5.57 Å². The average molecular weight is 403 g/mol. The van der Waals surface area contributed by atoms with E-state index < -0.39 is 0 Å². The lowest BCUT2D eigenvalue weighted by atomic mass is 9.47. The van der Waals surface area contributed by atoms with E-state index >= 15 is 0 Å². The molecule has 2 aliphatic heterocycles. The third-order valence-corrected chi connectivity index (χ3v) is 10.4. The molecule has 6 atom stereocenters. The van der Waals surface area contributed by atoms with Gasteiger partial charge in [0.2, 0.25) is 0 Å². The zero-order valence-electron chi connectivity index (χ0n) is 18.5. The number of rotatable bonds is 1. The molecule has 2 unspecified atom stereocenters. The molecule has 0 bridgehead atoms. The summed E-state index contributed by atoms with van der Waals surface area (Å²) in [4.78, 5) is 0. The van der Waals surface area contributed by atoms with Gasteiger partial charge >= 0.3 is 0 Å². The summed E-state index contributed by atoms with van der Waals surface area (Å²) >= 11 is 0. The minimum Gasteiger partial charge on any atom is -0.348 e. The number of ether oxygens (including phenoxy) is 4. The molecule has 4 heteroatoms. The second-order valence-corrected chi connectivity index (χ2v) is 11.4. The van der Waals surface area contributed by atoms with Gasteiger partial charge in [0.15, 0.2) is 11.6 Å². The monoisotopic (exact) mass is 402 g/mol. The molecule has 6 aliphatic rings. The van der Waals surface area contributed by atoms with Crippen LogP contribution in [-0.2, 0) is 18.9 Å². The van der Waals surface area contributed by atoms with E-state index in [0.29, 0.717) is 16.7 Å². The van der Waals surface area contributed by atoms with Crippen molar-refractivity contribution in [1.82, 2.24) is 0 Å². The van der Waals surface area contributed by atoms with Crippen LogP contribution in [0.25, 0.3) is 0 Å². The molecule has 0 aromatic carbocycles. The van der Waals surface area contributed by atoms with Crippen molar-refractivity contribution in [3.8, 4) is 0 Å². The Morgan fingerprint density at radius 2 is 1.52 bits per heavy atom. The molecule has 29 heavy (non-hydrogen) atoms. The van der Waals surface area contributed by atoms with Crippen LogP contribution >= 0.6 is 0 Å². The van der Waals surface area contributed by atoms with E-state index in [0.717, 1.165) is 57.0 Å². The van der Waals surface area contributed by atoms with Gasteiger partial charge in [-0.15, -0.1) is 0 Å². The van der Waals surface area contributed by atoms with E-state index in [4.69, 9.17) is 18.9 Å². The molecule has 3 saturated carbocycles. The summed E-state index contributed by atoms with van der Waals surface area (Å²) in [5.41, 5.74) is 2.34. The standard InChI is InChI=1S/C25H38O4/c1-22-10-11-25(28-14-15-29-25)16-17(22)4-5-18-19-6-7-21(24(3)26-12-13-27-24)23(19,2)9-8-20(18)22/h4,18-21H,5-16H2,1-3H3/t18-,19?,20?,21-,22-,23-/m0/s1. The highest BCUT2D eigenvalue weighted by atomic mass is 16.7. The summed E-state index contributed by atoms with van der Waals surface area (Å²) in [6.45, 7) is 10.4. The fourth-order valence-corrected chi connectivity index (χ4v) is 8.94. The lowest BCUT2D eigenvalue weighted by Gasteiger charge is -2.59. The first-order valence-electron chi connectivity index (χ1n) is 12.1. The summed E-state index contributed by atoms with van der Waals surface area (Å²) in [6.07, 6.45) is 12.4. The van der Waals surface area contributed by atoms with E-state index in [2.05, 4.69) is 26.8 Å². The highest BCUT2D eigenvalue weighted by molar-refractivity contribution is 5.27. The minimum atomic E-state index is -0.357. The van der Waals surface area contributed by atoms with E-state index in [9.17, 15) is 0 Å². The van der Waals surface area contributed by atoms with Crippen LogP contribution in [-0.4, -0.2) is 38.0 Å². The Labute approximate surface area is 175 Å². The predicted molar refractivity (Wildman–Crippen MR) is 110 cm³/mol. The quantitative estimate of drug-likeness (QED) is 0.574. The van der Waals surface area contributed by atoms with Crippen molar-refractivity contribution in [2.45, 2.75) is 83.7 Å². The Balaban J connectivity index is 1.28. The number of fused-ring (bicyclic) bond motifs is 5. The Morgan fingerprint density at radius 1 is 0.793 bits per heavy atom. The zero-order valence-corrected chi connectivity index (χ0v) is 18.5. The van der Waals surface area contributed by atoms with Crippen molar-refractivity contribution in [1.29, 1.82) is 0 Å². The summed E-state index contributed by atoms with van der Waals surface area (Å²) in [6, 6.07) is 0. The molecule has 0 aromatic rings. The fraction of sp³-hybridized carbons (Fsp3) is 0.920. The average Bonchev–Trinajstić information content (AvgIpc) is 3.42. The molecule has 1 spiro atoms. The molecule has 0 amide bonds. The molecule has 4 nitrogen and oxygen atoms in total. The number of hydrogen-bond donors (Lipinski definition) is 0. The third kappa shape index (κ3) is 2.58. The Bertz CT molecular complexity index is 704. The first-order chi connectivity index (χ1) is 13.9. The Morgan fingerprint density at radius 3 is 2.28 bits per heavy atom. The normalized spacial score (nSPS) is 50.1. The van der Waals surface area contributed by atoms with Crippen molar-refractivity contribution in [3.63, 3.8) is 0 Å². The van der Waals surface area contributed by atoms with Crippen LogP contribution in [0, 0.1) is 34.5 Å². The van der Waals surface area contributed by atoms with Gasteiger partial charge in [-0.1, -0.05) is 25.5 Å². The molecule has 0 radical (unpaired) electrons. The van der Waals surface area contributed by atoms with Crippen molar-refractivity contribution in [3.05, 3.63) is 11.6 Å². The van der Waals surface area contributed by atoms with Crippen molar-refractivity contribution >= 4 is 0 Å². The van der Waals surface area contributed by atoms with Crippen LogP contribution < -0.4 is 0 Å². The third-order valence-electron chi connectivity index (χ3n) is 10.4. The van der Waals surface area contributed by atoms with Crippen LogP contribution in [0.4, 0.5) is 0 Å².